The molecule has 1 aromatic rings. The number of nitrogens with zero attached hydrogens (tertiary/aromatic N) is 2. The van der Waals surface area contributed by atoms with Crippen molar-refractivity contribution in [2.45, 2.75) is 23.0 Å². The van der Waals surface area contributed by atoms with Crippen LogP contribution in [0.25, 0.3) is 0 Å². The SMILES string of the molecule is CS(=O)(=O)c1cc([N+](=O)[O-])c(N2CCCCC2)[se]1. The second kappa shape index (κ2) is 5.03. The van der Waals surface area contributed by atoms with Gasteiger partial charge in [-0.2, -0.15) is 0 Å². The summed E-state index contributed by atoms with van der Waals surface area (Å²) >= 11 is -0.465. The summed E-state index contributed by atoms with van der Waals surface area (Å²) in [5.74, 6) is 0. The van der Waals surface area contributed by atoms with E-state index >= 15 is 0 Å². The number of sulfone groups is 1. The first-order valence-electron chi connectivity index (χ1n) is 5.63. The van der Waals surface area contributed by atoms with Crippen LogP contribution in [0.15, 0.2) is 9.84 Å². The predicted octanol–water partition coefficient (Wildman–Crippen LogP) is 1.05. The van der Waals surface area contributed by atoms with E-state index in [1.54, 1.807) is 0 Å². The Labute approximate surface area is 111 Å². The number of anilines is 1. The van der Waals surface area contributed by atoms with Crippen molar-refractivity contribution < 1.29 is 13.3 Å². The summed E-state index contributed by atoms with van der Waals surface area (Å²) in [7, 11) is -3.32. The maximum absolute atomic E-state index is 11.5. The third-order valence-corrected chi connectivity index (χ3v) is 8.12. The number of rotatable bonds is 3. The topological polar surface area (TPSA) is 80.5 Å². The van der Waals surface area contributed by atoms with Crippen molar-refractivity contribution in [3.63, 3.8) is 0 Å². The standard InChI is InChI=1S/C10H14N2O4SSe/c1-17(15,16)9-7-8(12(13)14)10(18-9)11-5-3-2-4-6-11/h7H,2-6H2,1H3. The molecule has 0 amide bonds. The molecule has 1 aliphatic heterocycles. The van der Waals surface area contributed by atoms with Crippen LogP contribution >= 0.6 is 0 Å². The molecule has 1 aliphatic rings. The molecule has 1 saturated heterocycles. The van der Waals surface area contributed by atoms with Gasteiger partial charge < -0.3 is 0 Å². The third kappa shape index (κ3) is 2.76. The van der Waals surface area contributed by atoms with Gasteiger partial charge in [-0.05, 0) is 0 Å². The zero-order valence-corrected chi connectivity index (χ0v) is 12.5. The molecule has 2 heterocycles. The van der Waals surface area contributed by atoms with Gasteiger partial charge in [-0.25, -0.2) is 0 Å². The van der Waals surface area contributed by atoms with Gasteiger partial charge in [0.1, 0.15) is 0 Å². The van der Waals surface area contributed by atoms with Gasteiger partial charge in [0.2, 0.25) is 0 Å². The summed E-state index contributed by atoms with van der Waals surface area (Å²) in [4.78, 5) is 12.5. The molecule has 2 rings (SSSR count). The molecule has 0 aliphatic carbocycles. The molecule has 6 nitrogen and oxygen atoms in total. The fraction of sp³-hybridized carbons (Fsp3) is 0.600. The van der Waals surface area contributed by atoms with Crippen LogP contribution in [-0.2, 0) is 9.84 Å². The molecule has 8 heteroatoms. The van der Waals surface area contributed by atoms with Gasteiger partial charge in [0, 0.05) is 0 Å². The van der Waals surface area contributed by atoms with E-state index in [1.807, 2.05) is 4.90 Å². The van der Waals surface area contributed by atoms with Gasteiger partial charge in [-0.15, -0.1) is 0 Å². The Balaban J connectivity index is 2.44. The molecule has 1 fully saturated rings. The van der Waals surface area contributed by atoms with E-state index in [2.05, 4.69) is 0 Å². The summed E-state index contributed by atoms with van der Waals surface area (Å²) in [6.45, 7) is 1.58. The Morgan fingerprint density at radius 1 is 1.33 bits per heavy atom. The summed E-state index contributed by atoms with van der Waals surface area (Å²) < 4.78 is 23.8. The minimum atomic E-state index is -3.32. The minimum absolute atomic E-state index is 0.0303. The average molecular weight is 337 g/mol. The van der Waals surface area contributed by atoms with Crippen molar-refractivity contribution in [3.8, 4) is 0 Å². The first kappa shape index (κ1) is 13.6. The first-order chi connectivity index (χ1) is 8.39. The monoisotopic (exact) mass is 338 g/mol. The van der Waals surface area contributed by atoms with Gasteiger partial charge in [0.05, 0.1) is 0 Å². The Morgan fingerprint density at radius 2 is 1.94 bits per heavy atom. The van der Waals surface area contributed by atoms with Crippen molar-refractivity contribution >= 4 is 34.6 Å². The second-order valence-electron chi connectivity index (χ2n) is 4.33. The quantitative estimate of drug-likeness (QED) is 0.468. The van der Waals surface area contributed by atoms with E-state index < -0.39 is 29.3 Å². The zero-order chi connectivity index (χ0) is 13.3. The number of piperidine rings is 1. The summed E-state index contributed by atoms with van der Waals surface area (Å²) in [6, 6.07) is 1.24. The van der Waals surface area contributed by atoms with Gasteiger partial charge in [-0.3, -0.25) is 0 Å². The van der Waals surface area contributed by atoms with Crippen molar-refractivity contribution in [2.75, 3.05) is 24.2 Å². The summed E-state index contributed by atoms with van der Waals surface area (Å²) in [5.41, 5.74) is -0.0303. The summed E-state index contributed by atoms with van der Waals surface area (Å²) in [6.07, 6.45) is 4.27. The molecule has 0 atom stereocenters. The third-order valence-electron chi connectivity index (χ3n) is 2.88. The first-order valence-corrected chi connectivity index (χ1v) is 9.23. The van der Waals surface area contributed by atoms with Crippen molar-refractivity contribution in [2.24, 2.45) is 0 Å². The van der Waals surface area contributed by atoms with Crippen LogP contribution in [-0.4, -0.2) is 47.2 Å². The maximum atomic E-state index is 11.5. The van der Waals surface area contributed by atoms with Crippen LogP contribution in [0.3, 0.4) is 0 Å². The Bertz CT molecular complexity index is 560. The normalized spacial score (nSPS) is 16.8. The molecule has 0 bridgehead atoms. The molecule has 0 radical (unpaired) electrons. The van der Waals surface area contributed by atoms with Crippen LogP contribution in [0.5, 0.6) is 0 Å². The van der Waals surface area contributed by atoms with E-state index in [4.69, 9.17) is 0 Å². The second-order valence-corrected chi connectivity index (χ2v) is 9.06. The molecule has 18 heavy (non-hydrogen) atoms. The van der Waals surface area contributed by atoms with E-state index in [-0.39, 0.29) is 9.46 Å². The van der Waals surface area contributed by atoms with Crippen LogP contribution in [0.1, 0.15) is 19.3 Å². The Kier molecular flexibility index (Phi) is 3.79. The number of hydrogen-bond donors (Lipinski definition) is 0. The van der Waals surface area contributed by atoms with Gasteiger partial charge in [0.15, 0.2) is 0 Å². The predicted molar refractivity (Wildman–Crippen MR) is 69.2 cm³/mol. The molecule has 0 aromatic carbocycles. The van der Waals surface area contributed by atoms with Gasteiger partial charge in [0.25, 0.3) is 0 Å². The zero-order valence-electron chi connectivity index (χ0n) is 9.96. The van der Waals surface area contributed by atoms with Crippen molar-refractivity contribution in [1.29, 1.82) is 0 Å². The fourth-order valence-corrected chi connectivity index (χ4v) is 5.74. The van der Waals surface area contributed by atoms with E-state index in [1.165, 1.54) is 6.07 Å². The van der Waals surface area contributed by atoms with Gasteiger partial charge in [-0.1, -0.05) is 0 Å². The van der Waals surface area contributed by atoms with E-state index in [0.29, 0.717) is 4.56 Å². The fourth-order valence-electron chi connectivity index (χ4n) is 1.99. The van der Waals surface area contributed by atoms with E-state index in [0.717, 1.165) is 38.6 Å². The van der Waals surface area contributed by atoms with Crippen LogP contribution in [0.4, 0.5) is 10.2 Å². The van der Waals surface area contributed by atoms with Crippen molar-refractivity contribution in [3.05, 3.63) is 16.2 Å². The van der Waals surface area contributed by atoms with Crippen LogP contribution < -0.4 is 4.90 Å². The molecule has 0 unspecified atom stereocenters. The molecule has 0 N–H and O–H groups in total. The number of nitro groups is 1. The Morgan fingerprint density at radius 3 is 2.44 bits per heavy atom. The summed E-state index contributed by atoms with van der Waals surface area (Å²) in [5, 5.41) is 11.0. The molecule has 0 spiro atoms. The van der Waals surface area contributed by atoms with Gasteiger partial charge >= 0.3 is 111 Å². The molecule has 0 saturated carbocycles. The average Bonchev–Trinajstić information content (AvgIpc) is 2.74. The molecular formula is C10H14N2O4SSe. The molecule has 100 valence electrons. The number of hydrogen-bond acceptors (Lipinski definition) is 5. The van der Waals surface area contributed by atoms with Crippen LogP contribution in [0.2, 0.25) is 0 Å². The Hall–Kier alpha value is -0.851. The van der Waals surface area contributed by atoms with Crippen LogP contribution in [0, 0.1) is 10.1 Å². The van der Waals surface area contributed by atoms with Crippen molar-refractivity contribution in [1.82, 2.24) is 0 Å². The van der Waals surface area contributed by atoms with E-state index in [9.17, 15) is 18.5 Å². The molecule has 1 aromatic heterocycles. The molecular weight excluding hydrogens is 323 g/mol.